The highest BCUT2D eigenvalue weighted by molar-refractivity contribution is 9.10. The molecular weight excluding hydrogens is 488 g/mol. The summed E-state index contributed by atoms with van der Waals surface area (Å²) in [5.41, 5.74) is 0.407. The zero-order valence-corrected chi connectivity index (χ0v) is 19.2. The number of carbonyl (C=O) groups excluding carboxylic acids is 2. The number of carbonyl (C=O) groups is 2. The summed E-state index contributed by atoms with van der Waals surface area (Å²) in [6, 6.07) is 12.9. The monoisotopic (exact) mass is 510 g/mol. The second-order valence-corrected chi connectivity index (χ2v) is 9.79. The number of rotatable bonds is 8. The summed E-state index contributed by atoms with van der Waals surface area (Å²) < 4.78 is 37.8. The van der Waals surface area contributed by atoms with Crippen molar-refractivity contribution < 1.29 is 27.5 Å². The van der Waals surface area contributed by atoms with Crippen molar-refractivity contribution in [3.05, 3.63) is 53.0 Å². The zero-order valence-electron chi connectivity index (χ0n) is 16.8. The lowest BCUT2D eigenvalue weighted by atomic mass is 10.2. The topological polar surface area (TPSA) is 102 Å². The highest BCUT2D eigenvalue weighted by Crippen LogP contribution is 2.22. The van der Waals surface area contributed by atoms with Crippen LogP contribution in [0.5, 0.6) is 5.75 Å². The minimum Gasteiger partial charge on any atom is -0.482 e. The molecule has 0 atom stereocenters. The van der Waals surface area contributed by atoms with E-state index in [2.05, 4.69) is 21.2 Å². The van der Waals surface area contributed by atoms with E-state index < -0.39 is 28.5 Å². The lowest BCUT2D eigenvalue weighted by Crippen LogP contribution is -2.35. The molecule has 3 rings (SSSR count). The zero-order chi connectivity index (χ0) is 22.3. The quantitative estimate of drug-likeness (QED) is 0.547. The fourth-order valence-electron chi connectivity index (χ4n) is 3.02. The molecule has 2 aromatic carbocycles. The summed E-state index contributed by atoms with van der Waals surface area (Å²) >= 11 is 3.30. The van der Waals surface area contributed by atoms with E-state index in [0.29, 0.717) is 24.5 Å². The molecule has 1 aliphatic heterocycles. The number of esters is 1. The van der Waals surface area contributed by atoms with Crippen LogP contribution in [0.1, 0.15) is 19.3 Å². The number of piperidine rings is 1. The van der Waals surface area contributed by atoms with E-state index in [1.54, 1.807) is 24.3 Å². The van der Waals surface area contributed by atoms with Gasteiger partial charge in [-0.05, 0) is 61.4 Å². The molecule has 0 saturated carbocycles. The predicted molar refractivity (Wildman–Crippen MR) is 118 cm³/mol. The highest BCUT2D eigenvalue weighted by atomic mass is 79.9. The highest BCUT2D eigenvalue weighted by Gasteiger charge is 2.25. The molecule has 1 saturated heterocycles. The van der Waals surface area contributed by atoms with Crippen molar-refractivity contribution >= 4 is 43.5 Å². The van der Waals surface area contributed by atoms with Gasteiger partial charge in [-0.3, -0.25) is 4.79 Å². The maximum Gasteiger partial charge on any atom is 0.344 e. The Morgan fingerprint density at radius 1 is 0.935 bits per heavy atom. The number of nitrogens with zero attached hydrogens (tertiary/aromatic N) is 1. The van der Waals surface area contributed by atoms with Gasteiger partial charge in [0.15, 0.2) is 13.2 Å². The third kappa shape index (κ3) is 6.78. The van der Waals surface area contributed by atoms with Crippen molar-refractivity contribution in [2.45, 2.75) is 24.2 Å². The summed E-state index contributed by atoms with van der Waals surface area (Å²) in [5.74, 6) is -0.714. The first-order chi connectivity index (χ1) is 14.8. The second kappa shape index (κ2) is 10.7. The number of nitrogens with one attached hydrogen (secondary N) is 1. The van der Waals surface area contributed by atoms with E-state index in [0.717, 1.165) is 23.7 Å². The van der Waals surface area contributed by atoms with Crippen LogP contribution < -0.4 is 10.1 Å². The Labute approximate surface area is 189 Å². The standard InChI is InChI=1S/C21H23BrN2O6S/c22-16-4-8-18(9-5-16)29-15-21(26)30-14-20(25)23-17-6-10-19(11-7-17)31(27,28)24-12-2-1-3-13-24/h4-11H,1-3,12-15H2,(H,23,25). The molecule has 1 heterocycles. The van der Waals surface area contributed by atoms with Gasteiger partial charge in [-0.25, -0.2) is 13.2 Å². The minimum atomic E-state index is -3.53. The van der Waals surface area contributed by atoms with E-state index in [-0.39, 0.29) is 11.5 Å². The number of hydrogen-bond donors (Lipinski definition) is 1. The number of halogens is 1. The van der Waals surface area contributed by atoms with Gasteiger partial charge in [0.1, 0.15) is 5.75 Å². The van der Waals surface area contributed by atoms with Gasteiger partial charge in [0.25, 0.3) is 5.91 Å². The molecule has 1 aliphatic rings. The third-order valence-corrected chi connectivity index (χ3v) is 7.07. The number of anilines is 1. The van der Waals surface area contributed by atoms with Gasteiger partial charge >= 0.3 is 5.97 Å². The van der Waals surface area contributed by atoms with Gasteiger partial charge in [-0.15, -0.1) is 0 Å². The molecule has 0 radical (unpaired) electrons. The van der Waals surface area contributed by atoms with Crippen molar-refractivity contribution in [1.82, 2.24) is 4.31 Å². The molecule has 0 spiro atoms. The van der Waals surface area contributed by atoms with Gasteiger partial charge in [0, 0.05) is 23.2 Å². The van der Waals surface area contributed by atoms with Crippen molar-refractivity contribution in [1.29, 1.82) is 0 Å². The number of sulfonamides is 1. The maximum atomic E-state index is 12.6. The smallest absolute Gasteiger partial charge is 0.344 e. The van der Waals surface area contributed by atoms with Crippen LogP contribution >= 0.6 is 15.9 Å². The first kappa shape index (κ1) is 23.2. The number of benzene rings is 2. The van der Waals surface area contributed by atoms with Crippen LogP contribution in [-0.4, -0.2) is 50.9 Å². The molecule has 10 heteroatoms. The van der Waals surface area contributed by atoms with E-state index in [1.165, 1.54) is 28.6 Å². The number of hydrogen-bond acceptors (Lipinski definition) is 6. The van der Waals surface area contributed by atoms with Crippen LogP contribution in [0.2, 0.25) is 0 Å². The molecule has 0 aromatic heterocycles. The molecule has 1 fully saturated rings. The van der Waals surface area contributed by atoms with Crippen LogP contribution in [0.15, 0.2) is 57.9 Å². The molecule has 31 heavy (non-hydrogen) atoms. The molecule has 0 bridgehead atoms. The molecule has 166 valence electrons. The molecular formula is C21H23BrN2O6S. The maximum absolute atomic E-state index is 12.6. The van der Waals surface area contributed by atoms with Gasteiger partial charge in [0.05, 0.1) is 4.90 Å². The summed E-state index contributed by atoms with van der Waals surface area (Å²) in [6.07, 6.45) is 2.76. The Hall–Kier alpha value is -2.43. The molecule has 0 unspecified atom stereocenters. The molecule has 1 amide bonds. The fourth-order valence-corrected chi connectivity index (χ4v) is 4.80. The van der Waals surface area contributed by atoms with E-state index in [9.17, 15) is 18.0 Å². The molecule has 0 aliphatic carbocycles. The summed E-state index contributed by atoms with van der Waals surface area (Å²) in [6.45, 7) is 0.254. The molecule has 2 aromatic rings. The summed E-state index contributed by atoms with van der Waals surface area (Å²) in [4.78, 5) is 23.9. The van der Waals surface area contributed by atoms with Gasteiger partial charge < -0.3 is 14.8 Å². The van der Waals surface area contributed by atoms with E-state index in [4.69, 9.17) is 9.47 Å². The third-order valence-electron chi connectivity index (χ3n) is 4.63. The van der Waals surface area contributed by atoms with Crippen LogP contribution in [0.4, 0.5) is 5.69 Å². The Balaban J connectivity index is 1.44. The van der Waals surface area contributed by atoms with Crippen molar-refractivity contribution in [2.24, 2.45) is 0 Å². The van der Waals surface area contributed by atoms with Crippen LogP contribution in [0.25, 0.3) is 0 Å². The van der Waals surface area contributed by atoms with Crippen molar-refractivity contribution in [3.63, 3.8) is 0 Å². The van der Waals surface area contributed by atoms with E-state index >= 15 is 0 Å². The predicted octanol–water partition coefficient (Wildman–Crippen LogP) is 3.18. The van der Waals surface area contributed by atoms with Crippen LogP contribution in [-0.2, 0) is 24.3 Å². The summed E-state index contributed by atoms with van der Waals surface area (Å²) in [7, 11) is -3.53. The normalized spacial score (nSPS) is 14.6. The van der Waals surface area contributed by atoms with Crippen molar-refractivity contribution in [2.75, 3.05) is 31.6 Å². The average Bonchev–Trinajstić information content (AvgIpc) is 2.78. The molecule has 1 N–H and O–H groups in total. The lowest BCUT2D eigenvalue weighted by molar-refractivity contribution is -0.149. The lowest BCUT2D eigenvalue weighted by Gasteiger charge is -2.25. The van der Waals surface area contributed by atoms with Gasteiger partial charge in [-0.1, -0.05) is 22.4 Å². The summed E-state index contributed by atoms with van der Waals surface area (Å²) in [5, 5.41) is 2.56. The Morgan fingerprint density at radius 2 is 1.58 bits per heavy atom. The van der Waals surface area contributed by atoms with Crippen LogP contribution in [0, 0.1) is 0 Å². The largest absolute Gasteiger partial charge is 0.482 e. The fraction of sp³-hybridized carbons (Fsp3) is 0.333. The average molecular weight is 511 g/mol. The van der Waals surface area contributed by atoms with Gasteiger partial charge in [0.2, 0.25) is 10.0 Å². The molecule has 8 nitrogen and oxygen atoms in total. The SMILES string of the molecule is O=C(COC(=O)COc1ccc(Br)cc1)Nc1ccc(S(=O)(=O)N2CCCCC2)cc1. The van der Waals surface area contributed by atoms with Gasteiger partial charge in [-0.2, -0.15) is 4.31 Å². The Bertz CT molecular complexity index is 1000. The minimum absolute atomic E-state index is 0.184. The number of ether oxygens (including phenoxy) is 2. The number of amides is 1. The van der Waals surface area contributed by atoms with Crippen LogP contribution in [0.3, 0.4) is 0 Å². The first-order valence-corrected chi connectivity index (χ1v) is 12.0. The van der Waals surface area contributed by atoms with E-state index in [1.807, 2.05) is 0 Å². The van der Waals surface area contributed by atoms with Crippen molar-refractivity contribution in [3.8, 4) is 5.75 Å². The Kier molecular flexibility index (Phi) is 8.05. The second-order valence-electron chi connectivity index (χ2n) is 6.94. The Morgan fingerprint density at radius 3 is 2.23 bits per heavy atom. The first-order valence-electron chi connectivity index (χ1n) is 9.79.